The monoisotopic (exact) mass is 538 g/mol. The summed E-state index contributed by atoms with van der Waals surface area (Å²) < 4.78 is 21.4. The van der Waals surface area contributed by atoms with E-state index in [0.29, 0.717) is 34.2 Å². The summed E-state index contributed by atoms with van der Waals surface area (Å²) in [6, 6.07) is 17.2. The van der Waals surface area contributed by atoms with E-state index < -0.39 is 11.8 Å². The number of benzene rings is 2. The maximum atomic E-state index is 12.0. The van der Waals surface area contributed by atoms with Crippen LogP contribution in [-0.2, 0) is 32.3 Å². The third-order valence-corrected chi connectivity index (χ3v) is 6.11. The normalized spacial score (nSPS) is 13.8. The predicted molar refractivity (Wildman–Crippen MR) is 138 cm³/mol. The first-order valence-corrected chi connectivity index (χ1v) is 11.9. The van der Waals surface area contributed by atoms with Crippen LogP contribution in [0.1, 0.15) is 43.4 Å². The second-order valence-electron chi connectivity index (χ2n) is 8.70. The Balaban J connectivity index is 1.00. The van der Waals surface area contributed by atoms with Crippen molar-refractivity contribution in [3.63, 3.8) is 0 Å². The molecule has 4 heterocycles. The van der Waals surface area contributed by atoms with Crippen molar-refractivity contribution in [3.05, 3.63) is 94.4 Å². The molecule has 0 saturated heterocycles. The number of hydrogen-bond acceptors (Lipinski definition) is 10. The molecule has 0 spiro atoms. The molecule has 0 bridgehead atoms. The van der Waals surface area contributed by atoms with Crippen molar-refractivity contribution in [2.24, 2.45) is 10.2 Å². The summed E-state index contributed by atoms with van der Waals surface area (Å²) in [6.07, 6.45) is 2.48. The highest BCUT2D eigenvalue weighted by atomic mass is 16.5. The standard InChI is InChI=1S/C28H18N4O8/c33-25(31-29-11-19-3-7-23(39-19)15-1-5-21-17(9-15)13-37-27(21)35)26(34)32-30-12-20-4-8-24(40-20)16-2-6-22-18(10-16)14-38-28(22)36/h1-12H,13-14H2,(H,31,33)(H,32,34)/b29-11+,30-12+. The van der Waals surface area contributed by atoms with Crippen LogP contribution in [0.25, 0.3) is 22.6 Å². The highest BCUT2D eigenvalue weighted by Gasteiger charge is 2.23. The lowest BCUT2D eigenvalue weighted by atomic mass is 10.0. The predicted octanol–water partition coefficient (Wildman–Crippen LogP) is 3.15. The number of cyclic esters (lactones) is 2. The summed E-state index contributed by atoms with van der Waals surface area (Å²) in [5, 5.41) is 7.45. The fourth-order valence-electron chi connectivity index (χ4n) is 4.14. The average Bonchev–Trinajstić information content (AvgIpc) is 3.76. The van der Waals surface area contributed by atoms with Crippen LogP contribution in [0.3, 0.4) is 0 Å². The largest absolute Gasteiger partial charge is 0.457 e. The number of amides is 2. The van der Waals surface area contributed by atoms with E-state index in [4.69, 9.17) is 18.3 Å². The number of carbonyl (C=O) groups excluding carboxylic acids is 4. The molecule has 2 aromatic heterocycles. The van der Waals surface area contributed by atoms with Gasteiger partial charge in [0.25, 0.3) is 0 Å². The summed E-state index contributed by atoms with van der Waals surface area (Å²) >= 11 is 0. The third-order valence-electron chi connectivity index (χ3n) is 6.11. The van der Waals surface area contributed by atoms with Crippen molar-refractivity contribution < 1.29 is 37.5 Å². The molecule has 0 unspecified atom stereocenters. The van der Waals surface area contributed by atoms with Gasteiger partial charge in [-0.15, -0.1) is 0 Å². The van der Waals surface area contributed by atoms with Gasteiger partial charge < -0.3 is 18.3 Å². The number of hydrogen-bond donors (Lipinski definition) is 2. The van der Waals surface area contributed by atoms with Crippen LogP contribution in [0.5, 0.6) is 0 Å². The number of carbonyl (C=O) groups is 4. The van der Waals surface area contributed by atoms with Gasteiger partial charge in [-0.3, -0.25) is 9.59 Å². The molecule has 6 rings (SSSR count). The SMILES string of the molecule is O=C(N/N=C/c1ccc(-c2ccc3c(c2)COC3=O)o1)C(=O)N/N=C/c1ccc(-c2ccc3c(c2)COC3=O)o1. The summed E-state index contributed by atoms with van der Waals surface area (Å²) in [7, 11) is 0. The number of furan rings is 2. The quantitative estimate of drug-likeness (QED) is 0.164. The van der Waals surface area contributed by atoms with Gasteiger partial charge in [0.1, 0.15) is 36.3 Å². The number of nitrogens with zero attached hydrogens (tertiary/aromatic N) is 2. The van der Waals surface area contributed by atoms with Crippen LogP contribution in [0, 0.1) is 0 Å². The molecule has 198 valence electrons. The second-order valence-corrected chi connectivity index (χ2v) is 8.70. The zero-order valence-electron chi connectivity index (χ0n) is 20.5. The molecule has 12 nitrogen and oxygen atoms in total. The molecule has 2 N–H and O–H groups in total. The second kappa shape index (κ2) is 10.2. The highest BCUT2D eigenvalue weighted by Crippen LogP contribution is 2.29. The third kappa shape index (κ3) is 4.88. The minimum atomic E-state index is -1.04. The Morgan fingerprint density at radius 2 is 1.10 bits per heavy atom. The summed E-state index contributed by atoms with van der Waals surface area (Å²) in [4.78, 5) is 47.2. The van der Waals surface area contributed by atoms with Gasteiger partial charge in [-0.1, -0.05) is 12.1 Å². The van der Waals surface area contributed by atoms with E-state index in [1.807, 2.05) is 12.1 Å². The first-order chi connectivity index (χ1) is 19.4. The number of fused-ring (bicyclic) bond motifs is 2. The molecule has 0 saturated carbocycles. The van der Waals surface area contributed by atoms with E-state index >= 15 is 0 Å². The Labute approximate surface area is 225 Å². The van der Waals surface area contributed by atoms with E-state index in [2.05, 4.69) is 21.1 Å². The van der Waals surface area contributed by atoms with E-state index in [0.717, 1.165) is 22.3 Å². The average molecular weight is 538 g/mol. The molecule has 0 aliphatic carbocycles. The fraction of sp³-hybridized carbons (Fsp3) is 0.0714. The van der Waals surface area contributed by atoms with Gasteiger partial charge in [-0.2, -0.15) is 10.2 Å². The van der Waals surface area contributed by atoms with Crippen LogP contribution in [-0.4, -0.2) is 36.2 Å². The molecule has 2 aliphatic rings. The van der Waals surface area contributed by atoms with Crippen molar-refractivity contribution in [3.8, 4) is 22.6 Å². The lowest BCUT2D eigenvalue weighted by Crippen LogP contribution is -2.35. The van der Waals surface area contributed by atoms with Gasteiger partial charge in [0.05, 0.1) is 23.6 Å². The van der Waals surface area contributed by atoms with Gasteiger partial charge in [-0.25, -0.2) is 20.4 Å². The van der Waals surface area contributed by atoms with Crippen LogP contribution in [0.2, 0.25) is 0 Å². The smallest absolute Gasteiger partial charge is 0.338 e. The molecular formula is C28H18N4O8. The van der Waals surface area contributed by atoms with Crippen LogP contribution >= 0.6 is 0 Å². The maximum absolute atomic E-state index is 12.0. The molecule has 0 radical (unpaired) electrons. The fourth-order valence-corrected chi connectivity index (χ4v) is 4.14. The topological polar surface area (TPSA) is 162 Å². The van der Waals surface area contributed by atoms with Gasteiger partial charge in [0.2, 0.25) is 0 Å². The van der Waals surface area contributed by atoms with Crippen LogP contribution < -0.4 is 10.9 Å². The molecule has 12 heteroatoms. The van der Waals surface area contributed by atoms with Crippen molar-refractivity contribution in [2.45, 2.75) is 13.2 Å². The maximum Gasteiger partial charge on any atom is 0.338 e. The number of hydrazone groups is 2. The van der Waals surface area contributed by atoms with Gasteiger partial charge >= 0.3 is 23.8 Å². The Bertz CT molecular complexity index is 1620. The van der Waals surface area contributed by atoms with Crippen molar-refractivity contribution in [2.75, 3.05) is 0 Å². The number of nitrogens with one attached hydrogen (secondary N) is 2. The molecule has 0 atom stereocenters. The minimum absolute atomic E-state index is 0.215. The van der Waals surface area contributed by atoms with E-state index in [1.54, 1.807) is 48.5 Å². The highest BCUT2D eigenvalue weighted by molar-refractivity contribution is 6.35. The van der Waals surface area contributed by atoms with E-state index in [1.165, 1.54) is 12.4 Å². The molecule has 0 fully saturated rings. The molecular weight excluding hydrogens is 520 g/mol. The first kappa shape index (κ1) is 24.6. The van der Waals surface area contributed by atoms with Crippen LogP contribution in [0.15, 0.2) is 79.7 Å². The lowest BCUT2D eigenvalue weighted by Gasteiger charge is -1.99. The Morgan fingerprint density at radius 3 is 1.55 bits per heavy atom. The number of esters is 2. The van der Waals surface area contributed by atoms with E-state index in [9.17, 15) is 19.2 Å². The zero-order chi connectivity index (χ0) is 27.6. The minimum Gasteiger partial charge on any atom is -0.457 e. The first-order valence-electron chi connectivity index (χ1n) is 11.9. The lowest BCUT2D eigenvalue weighted by molar-refractivity contribution is -0.139. The Hall–Kier alpha value is -5.78. The summed E-state index contributed by atoms with van der Waals surface area (Å²) in [5.41, 5.74) is 8.29. The van der Waals surface area contributed by atoms with Crippen molar-refractivity contribution in [1.82, 2.24) is 10.9 Å². The van der Waals surface area contributed by atoms with Gasteiger partial charge in [0.15, 0.2) is 0 Å². The number of rotatable bonds is 6. The molecule has 2 amide bonds. The van der Waals surface area contributed by atoms with Crippen molar-refractivity contribution in [1.29, 1.82) is 0 Å². The molecule has 2 aliphatic heterocycles. The zero-order valence-corrected chi connectivity index (χ0v) is 20.5. The summed E-state index contributed by atoms with van der Waals surface area (Å²) in [5.74, 6) is -1.06. The number of ether oxygens (including phenoxy) is 2. The summed E-state index contributed by atoms with van der Waals surface area (Å²) in [6.45, 7) is 0.431. The van der Waals surface area contributed by atoms with Crippen molar-refractivity contribution >= 4 is 36.2 Å². The molecule has 40 heavy (non-hydrogen) atoms. The van der Waals surface area contributed by atoms with Crippen LogP contribution in [0.4, 0.5) is 0 Å². The molecule has 4 aromatic rings. The van der Waals surface area contributed by atoms with E-state index in [-0.39, 0.29) is 25.2 Å². The molecule has 2 aromatic carbocycles. The Morgan fingerprint density at radius 1 is 0.650 bits per heavy atom. The Kier molecular flexibility index (Phi) is 6.24. The van der Waals surface area contributed by atoms with Gasteiger partial charge in [-0.05, 0) is 48.5 Å². The van der Waals surface area contributed by atoms with Gasteiger partial charge in [0, 0.05) is 22.3 Å².